The molecule has 6 heteroatoms. The van der Waals surface area contributed by atoms with Gasteiger partial charge in [0.05, 0.1) is 6.61 Å². The molecule has 2 heterocycles. The maximum Gasteiger partial charge on any atom is 0.184 e. The van der Waals surface area contributed by atoms with Gasteiger partial charge in [-0.2, -0.15) is 0 Å². The zero-order chi connectivity index (χ0) is 14.8. The summed E-state index contributed by atoms with van der Waals surface area (Å²) in [5, 5.41) is 20.5. The summed E-state index contributed by atoms with van der Waals surface area (Å²) in [4.78, 5) is 0. The van der Waals surface area contributed by atoms with Crippen molar-refractivity contribution in [3.8, 4) is 0 Å². The van der Waals surface area contributed by atoms with Crippen LogP contribution < -0.4 is 0 Å². The van der Waals surface area contributed by atoms with Crippen LogP contribution in [0.1, 0.15) is 18.8 Å². The Morgan fingerprint density at radius 1 is 1.14 bits per heavy atom. The molecule has 6 atom stereocenters. The lowest BCUT2D eigenvalue weighted by molar-refractivity contribution is -0.318. The van der Waals surface area contributed by atoms with Crippen LogP contribution in [0.4, 0.5) is 0 Å². The van der Waals surface area contributed by atoms with Crippen LogP contribution in [-0.4, -0.2) is 52.4 Å². The zero-order valence-electron chi connectivity index (χ0n) is 11.8. The van der Waals surface area contributed by atoms with E-state index in [1.165, 1.54) is 11.8 Å². The number of rotatable bonds is 3. The van der Waals surface area contributed by atoms with Gasteiger partial charge in [0.1, 0.15) is 29.9 Å². The van der Waals surface area contributed by atoms with Crippen molar-refractivity contribution in [3.05, 3.63) is 35.9 Å². The predicted octanol–water partition coefficient (Wildman–Crippen LogP) is 1.30. The minimum atomic E-state index is -0.970. The van der Waals surface area contributed by atoms with Crippen molar-refractivity contribution in [1.29, 1.82) is 0 Å². The summed E-state index contributed by atoms with van der Waals surface area (Å²) in [7, 11) is 0. The van der Waals surface area contributed by atoms with Crippen LogP contribution in [-0.2, 0) is 14.2 Å². The molecule has 0 amide bonds. The average molecular weight is 312 g/mol. The Morgan fingerprint density at radius 2 is 1.90 bits per heavy atom. The maximum absolute atomic E-state index is 10.3. The second-order valence-electron chi connectivity index (χ2n) is 5.16. The van der Waals surface area contributed by atoms with Crippen molar-refractivity contribution in [2.45, 2.75) is 43.1 Å². The Morgan fingerprint density at radius 3 is 2.62 bits per heavy atom. The van der Waals surface area contributed by atoms with Gasteiger partial charge < -0.3 is 24.4 Å². The highest BCUT2D eigenvalue weighted by molar-refractivity contribution is 7.99. The van der Waals surface area contributed by atoms with Crippen LogP contribution in [0, 0.1) is 0 Å². The third kappa shape index (κ3) is 3.11. The highest BCUT2D eigenvalue weighted by Crippen LogP contribution is 2.36. The molecule has 0 radical (unpaired) electrons. The molecule has 0 aliphatic carbocycles. The van der Waals surface area contributed by atoms with Crippen molar-refractivity contribution in [1.82, 2.24) is 0 Å². The highest BCUT2D eigenvalue weighted by Gasteiger charge is 2.48. The summed E-state index contributed by atoms with van der Waals surface area (Å²) in [6, 6.07) is 9.56. The lowest BCUT2D eigenvalue weighted by Gasteiger charge is -2.46. The first-order valence-corrected chi connectivity index (χ1v) is 8.20. The highest BCUT2D eigenvalue weighted by atomic mass is 32.2. The molecule has 2 fully saturated rings. The van der Waals surface area contributed by atoms with Gasteiger partial charge in [-0.25, -0.2) is 0 Å². The molecular weight excluding hydrogens is 292 g/mol. The summed E-state index contributed by atoms with van der Waals surface area (Å²) in [6.07, 6.45) is -3.39. The van der Waals surface area contributed by atoms with Crippen LogP contribution in [0.2, 0.25) is 0 Å². The number of thioether (sulfide) groups is 1. The van der Waals surface area contributed by atoms with Crippen LogP contribution >= 0.6 is 11.8 Å². The number of aliphatic hydroxyl groups excluding tert-OH is 2. The third-order valence-electron chi connectivity index (χ3n) is 3.74. The Balaban J connectivity index is 1.71. The van der Waals surface area contributed by atoms with E-state index >= 15 is 0 Å². The summed E-state index contributed by atoms with van der Waals surface area (Å²) in [5.74, 6) is 0.806. The Bertz CT molecular complexity index is 455. The van der Waals surface area contributed by atoms with Crippen LogP contribution in [0.25, 0.3) is 0 Å². The molecule has 0 spiro atoms. The van der Waals surface area contributed by atoms with Gasteiger partial charge in [-0.05, 0) is 5.75 Å². The van der Waals surface area contributed by atoms with E-state index in [1.807, 2.05) is 37.3 Å². The number of hydrogen-bond donors (Lipinski definition) is 2. The van der Waals surface area contributed by atoms with E-state index < -0.39 is 30.0 Å². The van der Waals surface area contributed by atoms with E-state index in [1.54, 1.807) is 0 Å². The van der Waals surface area contributed by atoms with Gasteiger partial charge in [-0.1, -0.05) is 37.3 Å². The summed E-state index contributed by atoms with van der Waals surface area (Å²) in [5.41, 5.74) is 0.453. The molecule has 2 N–H and O–H groups in total. The van der Waals surface area contributed by atoms with Gasteiger partial charge in [0.2, 0.25) is 0 Å². The van der Waals surface area contributed by atoms with Crippen molar-refractivity contribution in [2.75, 3.05) is 12.4 Å². The van der Waals surface area contributed by atoms with E-state index in [0.717, 1.165) is 11.3 Å². The smallest absolute Gasteiger partial charge is 0.184 e. The first-order chi connectivity index (χ1) is 10.2. The second-order valence-corrected chi connectivity index (χ2v) is 6.53. The second kappa shape index (κ2) is 6.64. The molecule has 1 aromatic carbocycles. The van der Waals surface area contributed by atoms with E-state index in [-0.39, 0.29) is 6.10 Å². The van der Waals surface area contributed by atoms with Crippen LogP contribution in [0.15, 0.2) is 30.3 Å². The lowest BCUT2D eigenvalue weighted by Crippen LogP contribution is -2.60. The number of aliphatic hydroxyl groups is 2. The zero-order valence-corrected chi connectivity index (χ0v) is 12.6. The van der Waals surface area contributed by atoms with E-state index in [2.05, 4.69) is 0 Å². The van der Waals surface area contributed by atoms with Gasteiger partial charge in [0.25, 0.3) is 0 Å². The molecule has 0 saturated carbocycles. The molecule has 5 nitrogen and oxygen atoms in total. The molecule has 116 valence electrons. The van der Waals surface area contributed by atoms with Crippen molar-refractivity contribution >= 4 is 11.8 Å². The Kier molecular flexibility index (Phi) is 4.83. The predicted molar refractivity (Wildman–Crippen MR) is 78.8 cm³/mol. The molecule has 1 aromatic rings. The fourth-order valence-electron chi connectivity index (χ4n) is 2.66. The molecular formula is C15H20O5S. The van der Waals surface area contributed by atoms with E-state index in [0.29, 0.717) is 6.61 Å². The number of fused-ring (bicyclic) bond motifs is 1. The first kappa shape index (κ1) is 15.3. The molecule has 2 aliphatic rings. The molecule has 2 aliphatic heterocycles. The minimum Gasteiger partial charge on any atom is -0.387 e. The van der Waals surface area contributed by atoms with E-state index in [9.17, 15) is 10.2 Å². The Hall–Kier alpha value is -0.630. The van der Waals surface area contributed by atoms with Crippen molar-refractivity contribution in [2.24, 2.45) is 0 Å². The molecule has 0 bridgehead atoms. The molecule has 0 unspecified atom stereocenters. The number of ether oxygens (including phenoxy) is 3. The number of hydrogen-bond acceptors (Lipinski definition) is 6. The molecule has 3 rings (SSSR count). The molecule has 0 aromatic heterocycles. The van der Waals surface area contributed by atoms with Crippen molar-refractivity contribution < 1.29 is 24.4 Å². The fourth-order valence-corrected chi connectivity index (χ4v) is 3.57. The first-order valence-electron chi connectivity index (χ1n) is 7.16. The van der Waals surface area contributed by atoms with Gasteiger partial charge in [-0.3, -0.25) is 0 Å². The third-order valence-corrected chi connectivity index (χ3v) is 4.79. The monoisotopic (exact) mass is 312 g/mol. The normalized spacial score (nSPS) is 39.8. The van der Waals surface area contributed by atoms with Gasteiger partial charge >= 0.3 is 0 Å². The molecule has 21 heavy (non-hydrogen) atoms. The standard InChI is InChI=1S/C15H20O5S/c1-2-21-15-12(17)11(16)13-10(19-15)8-18-14(20-13)9-6-4-3-5-7-9/h3-7,10-17H,2,8H2,1H3/t10-,11-,12-,13-,14-,15-/m1/s1. The lowest BCUT2D eigenvalue weighted by atomic mass is 9.99. The van der Waals surface area contributed by atoms with Gasteiger partial charge in [0, 0.05) is 5.56 Å². The van der Waals surface area contributed by atoms with Crippen molar-refractivity contribution in [3.63, 3.8) is 0 Å². The minimum absolute atomic E-state index is 0.342. The fraction of sp³-hybridized carbons (Fsp3) is 0.600. The molecule has 2 saturated heterocycles. The number of benzene rings is 1. The summed E-state index contributed by atoms with van der Waals surface area (Å²) < 4.78 is 17.3. The van der Waals surface area contributed by atoms with E-state index in [4.69, 9.17) is 14.2 Å². The quantitative estimate of drug-likeness (QED) is 0.877. The topological polar surface area (TPSA) is 68.2 Å². The van der Waals surface area contributed by atoms with Gasteiger partial charge in [0.15, 0.2) is 6.29 Å². The van der Waals surface area contributed by atoms with Crippen LogP contribution in [0.5, 0.6) is 0 Å². The average Bonchev–Trinajstić information content (AvgIpc) is 2.53. The van der Waals surface area contributed by atoms with Crippen LogP contribution in [0.3, 0.4) is 0 Å². The largest absolute Gasteiger partial charge is 0.387 e. The summed E-state index contributed by atoms with van der Waals surface area (Å²) >= 11 is 1.47. The van der Waals surface area contributed by atoms with Gasteiger partial charge in [-0.15, -0.1) is 11.8 Å². The SMILES string of the molecule is CCS[C@H]1O[C@@H]2CO[C@@H](c3ccccc3)O[C@H]2[C@H](O)[C@H]1O. The Labute approximate surface area is 128 Å². The summed E-state index contributed by atoms with van der Waals surface area (Å²) in [6.45, 7) is 2.33. The maximum atomic E-state index is 10.3.